The van der Waals surface area contributed by atoms with Crippen molar-refractivity contribution in [3.63, 3.8) is 0 Å². The van der Waals surface area contributed by atoms with E-state index in [4.69, 9.17) is 5.73 Å². The van der Waals surface area contributed by atoms with E-state index in [0.717, 1.165) is 12.0 Å². The third-order valence-corrected chi connectivity index (χ3v) is 4.87. The highest BCUT2D eigenvalue weighted by molar-refractivity contribution is 5.91. The molecule has 1 aromatic carbocycles. The lowest BCUT2D eigenvalue weighted by Gasteiger charge is -2.18. The third-order valence-electron chi connectivity index (χ3n) is 4.87. The Hall–Kier alpha value is -2.37. The van der Waals surface area contributed by atoms with Crippen LogP contribution in [0, 0.1) is 5.92 Å². The smallest absolute Gasteiger partial charge is 0.243 e. The molecule has 0 saturated heterocycles. The van der Waals surface area contributed by atoms with Gasteiger partial charge in [0.05, 0.1) is 6.42 Å². The van der Waals surface area contributed by atoms with Crippen LogP contribution >= 0.6 is 0 Å². The summed E-state index contributed by atoms with van der Waals surface area (Å²) in [4.78, 5) is 35.7. The monoisotopic (exact) mass is 359 g/mol. The predicted octanol–water partition coefficient (Wildman–Crippen LogP) is 1.68. The zero-order valence-electron chi connectivity index (χ0n) is 15.2. The van der Waals surface area contributed by atoms with Crippen molar-refractivity contribution >= 4 is 17.7 Å². The molecule has 3 amide bonds. The van der Waals surface area contributed by atoms with Crippen LogP contribution in [0.15, 0.2) is 30.3 Å². The zero-order valence-corrected chi connectivity index (χ0v) is 15.2. The predicted molar refractivity (Wildman–Crippen MR) is 100 cm³/mol. The number of amides is 3. The summed E-state index contributed by atoms with van der Waals surface area (Å²) in [6.07, 6.45) is 6.55. The lowest BCUT2D eigenvalue weighted by Crippen LogP contribution is -2.49. The average molecular weight is 359 g/mol. The highest BCUT2D eigenvalue weighted by Gasteiger charge is 2.23. The van der Waals surface area contributed by atoms with Crippen LogP contribution in [0.1, 0.15) is 50.5 Å². The fraction of sp³-hybridized carbons (Fsp3) is 0.550. The molecule has 0 heterocycles. The van der Waals surface area contributed by atoms with Crippen LogP contribution in [0.4, 0.5) is 0 Å². The minimum absolute atomic E-state index is 0.188. The Morgan fingerprint density at radius 3 is 2.46 bits per heavy atom. The van der Waals surface area contributed by atoms with Crippen LogP contribution in [0.3, 0.4) is 0 Å². The second kappa shape index (κ2) is 10.6. The third kappa shape index (κ3) is 7.25. The Kier molecular flexibility index (Phi) is 8.12. The van der Waals surface area contributed by atoms with Crippen molar-refractivity contribution < 1.29 is 14.4 Å². The van der Waals surface area contributed by atoms with E-state index in [9.17, 15) is 14.4 Å². The van der Waals surface area contributed by atoms with Gasteiger partial charge < -0.3 is 16.4 Å². The van der Waals surface area contributed by atoms with E-state index in [0.29, 0.717) is 25.3 Å². The quantitative estimate of drug-likeness (QED) is 0.592. The molecule has 26 heavy (non-hydrogen) atoms. The number of hydrogen-bond donors (Lipinski definition) is 3. The van der Waals surface area contributed by atoms with E-state index in [1.165, 1.54) is 25.7 Å². The molecule has 1 aromatic rings. The number of carbonyl (C=O) groups excluding carboxylic acids is 3. The number of hydrogen-bond acceptors (Lipinski definition) is 3. The second-order valence-electron chi connectivity index (χ2n) is 7.01. The minimum atomic E-state index is -0.903. The summed E-state index contributed by atoms with van der Waals surface area (Å²) in [6, 6.07) is 8.89. The number of nitrogens with one attached hydrogen (secondary N) is 2. The first-order valence-electron chi connectivity index (χ1n) is 9.44. The molecule has 1 aliphatic rings. The van der Waals surface area contributed by atoms with E-state index in [1.54, 1.807) is 0 Å². The van der Waals surface area contributed by atoms with E-state index in [1.807, 2.05) is 30.3 Å². The summed E-state index contributed by atoms with van der Waals surface area (Å²) >= 11 is 0. The van der Waals surface area contributed by atoms with Crippen molar-refractivity contribution in [2.24, 2.45) is 11.7 Å². The molecule has 142 valence electrons. The summed E-state index contributed by atoms with van der Waals surface area (Å²) < 4.78 is 0. The van der Waals surface area contributed by atoms with Crippen molar-refractivity contribution in [2.45, 2.75) is 57.4 Å². The molecule has 1 aliphatic carbocycles. The molecular formula is C20H29N3O3. The van der Waals surface area contributed by atoms with Crippen LogP contribution < -0.4 is 16.4 Å². The van der Waals surface area contributed by atoms with Crippen LogP contribution in [0.2, 0.25) is 0 Å². The maximum Gasteiger partial charge on any atom is 0.243 e. The maximum atomic E-state index is 12.3. The van der Waals surface area contributed by atoms with E-state index < -0.39 is 11.9 Å². The molecule has 0 aliphatic heterocycles. The number of rotatable bonds is 10. The van der Waals surface area contributed by atoms with Gasteiger partial charge in [-0.15, -0.1) is 0 Å². The van der Waals surface area contributed by atoms with Gasteiger partial charge in [-0.1, -0.05) is 56.0 Å². The van der Waals surface area contributed by atoms with E-state index in [2.05, 4.69) is 10.6 Å². The summed E-state index contributed by atoms with van der Waals surface area (Å²) in [6.45, 7) is 0.441. The first-order chi connectivity index (χ1) is 12.5. The first-order valence-corrected chi connectivity index (χ1v) is 9.44. The standard InChI is InChI=1S/C20H29N3O3/c21-18(24)14-17(23-19(25)11-10-15-8-4-5-9-15)20(26)22-13-12-16-6-2-1-3-7-16/h1-3,6-7,15,17H,4-5,8-14H2,(H2,21,24)(H,22,26)(H,23,25)/t17-/m1/s1. The molecule has 2 rings (SSSR count). The Morgan fingerprint density at radius 1 is 1.12 bits per heavy atom. The molecule has 1 atom stereocenters. The molecule has 0 spiro atoms. The largest absolute Gasteiger partial charge is 0.370 e. The topological polar surface area (TPSA) is 101 Å². The van der Waals surface area contributed by atoms with Crippen molar-refractivity contribution in [3.05, 3.63) is 35.9 Å². The summed E-state index contributed by atoms with van der Waals surface area (Å²) in [5.41, 5.74) is 6.34. The molecular weight excluding hydrogens is 330 g/mol. The van der Waals surface area contributed by atoms with Crippen LogP contribution in [0.25, 0.3) is 0 Å². The molecule has 1 saturated carbocycles. The van der Waals surface area contributed by atoms with Crippen LogP contribution in [-0.4, -0.2) is 30.3 Å². The van der Waals surface area contributed by atoms with Gasteiger partial charge in [-0.05, 0) is 24.3 Å². The van der Waals surface area contributed by atoms with Gasteiger partial charge in [0, 0.05) is 13.0 Å². The van der Waals surface area contributed by atoms with Gasteiger partial charge in [-0.3, -0.25) is 14.4 Å². The van der Waals surface area contributed by atoms with Gasteiger partial charge in [-0.25, -0.2) is 0 Å². The zero-order chi connectivity index (χ0) is 18.8. The Labute approximate surface area is 154 Å². The van der Waals surface area contributed by atoms with E-state index >= 15 is 0 Å². The van der Waals surface area contributed by atoms with Crippen molar-refractivity contribution in [1.29, 1.82) is 0 Å². The number of primary amides is 1. The average Bonchev–Trinajstić information content (AvgIpc) is 3.13. The molecule has 4 N–H and O–H groups in total. The molecule has 1 fully saturated rings. The van der Waals surface area contributed by atoms with Gasteiger partial charge in [0.25, 0.3) is 0 Å². The summed E-state index contributed by atoms with van der Waals surface area (Å²) in [5.74, 6) is -0.561. The van der Waals surface area contributed by atoms with Gasteiger partial charge in [0.15, 0.2) is 0 Å². The Balaban J connectivity index is 1.77. The SMILES string of the molecule is NC(=O)C[C@@H](NC(=O)CCC1CCCC1)C(=O)NCCc1ccccc1. The minimum Gasteiger partial charge on any atom is -0.370 e. The molecule has 0 radical (unpaired) electrons. The van der Waals surface area contributed by atoms with Crippen molar-refractivity contribution in [2.75, 3.05) is 6.54 Å². The van der Waals surface area contributed by atoms with Crippen molar-refractivity contribution in [1.82, 2.24) is 10.6 Å². The van der Waals surface area contributed by atoms with Gasteiger partial charge in [0.1, 0.15) is 6.04 Å². The lowest BCUT2D eigenvalue weighted by molar-refractivity contribution is -0.131. The number of benzene rings is 1. The Bertz CT molecular complexity index is 598. The molecule has 0 bridgehead atoms. The van der Waals surface area contributed by atoms with Crippen LogP contribution in [-0.2, 0) is 20.8 Å². The van der Waals surface area contributed by atoms with E-state index in [-0.39, 0.29) is 18.2 Å². The first kappa shape index (κ1) is 19.9. The highest BCUT2D eigenvalue weighted by atomic mass is 16.2. The molecule has 0 unspecified atom stereocenters. The fourth-order valence-electron chi connectivity index (χ4n) is 3.41. The number of nitrogens with two attached hydrogens (primary N) is 1. The molecule has 0 aromatic heterocycles. The molecule has 6 nitrogen and oxygen atoms in total. The second-order valence-corrected chi connectivity index (χ2v) is 7.01. The normalized spacial score (nSPS) is 15.4. The molecule has 6 heteroatoms. The number of carbonyl (C=O) groups is 3. The van der Waals surface area contributed by atoms with Gasteiger partial charge in [0.2, 0.25) is 17.7 Å². The van der Waals surface area contributed by atoms with Crippen LogP contribution in [0.5, 0.6) is 0 Å². The van der Waals surface area contributed by atoms with Crippen molar-refractivity contribution in [3.8, 4) is 0 Å². The maximum absolute atomic E-state index is 12.3. The highest BCUT2D eigenvalue weighted by Crippen LogP contribution is 2.28. The summed E-state index contributed by atoms with van der Waals surface area (Å²) in [5, 5.41) is 5.45. The van der Waals surface area contributed by atoms with Gasteiger partial charge in [-0.2, -0.15) is 0 Å². The Morgan fingerprint density at radius 2 is 1.81 bits per heavy atom. The van der Waals surface area contributed by atoms with Gasteiger partial charge >= 0.3 is 0 Å². The lowest BCUT2D eigenvalue weighted by atomic mass is 10.0. The fourth-order valence-corrected chi connectivity index (χ4v) is 3.41. The summed E-state index contributed by atoms with van der Waals surface area (Å²) in [7, 11) is 0.